The molecular formula is C19H19N3O6. The predicted molar refractivity (Wildman–Crippen MR) is 96.7 cm³/mol. The molecule has 3 N–H and O–H groups in total. The summed E-state index contributed by atoms with van der Waals surface area (Å²) in [5.74, 6) is -1.33. The zero-order valence-electron chi connectivity index (χ0n) is 15.5. The Labute approximate surface area is 160 Å². The van der Waals surface area contributed by atoms with Gasteiger partial charge in [-0.25, -0.2) is 9.59 Å². The van der Waals surface area contributed by atoms with Gasteiger partial charge in [0.05, 0.1) is 6.54 Å². The molecule has 0 aliphatic carbocycles. The lowest BCUT2D eigenvalue weighted by Crippen LogP contribution is -2.40. The zero-order valence-corrected chi connectivity index (χ0v) is 15.5. The molecule has 1 aliphatic rings. The molecule has 1 unspecified atom stereocenters. The molecule has 3 rings (SSSR count). The Morgan fingerprint density at radius 2 is 1.96 bits per heavy atom. The van der Waals surface area contributed by atoms with E-state index in [1.54, 1.807) is 45.2 Å². The second-order valence-electron chi connectivity index (χ2n) is 6.76. The Bertz CT molecular complexity index is 995. The average Bonchev–Trinajstić information content (AvgIpc) is 3.13. The van der Waals surface area contributed by atoms with Gasteiger partial charge in [0.15, 0.2) is 0 Å². The van der Waals surface area contributed by atoms with Gasteiger partial charge < -0.3 is 19.7 Å². The van der Waals surface area contributed by atoms with Crippen molar-refractivity contribution in [2.75, 3.05) is 7.05 Å². The minimum atomic E-state index is -1.26. The standard InChI is InChI=1S/C19H19N3O6/c1-10-14(16(24)25)8-13(28-10)9-22(3)15(23)11-5-4-6-12(7-11)19(2)17(26)20-18(27)21-19/h4-8H,9H2,1-3H3,(H,24,25)(H2,20,21,26,27). The van der Waals surface area contributed by atoms with Crippen LogP contribution in [-0.2, 0) is 16.9 Å². The Morgan fingerprint density at radius 1 is 1.25 bits per heavy atom. The summed E-state index contributed by atoms with van der Waals surface area (Å²) in [7, 11) is 1.55. The third kappa shape index (κ3) is 3.34. The third-order valence-electron chi connectivity index (χ3n) is 4.67. The number of aryl methyl sites for hydroxylation is 1. The average molecular weight is 385 g/mol. The third-order valence-corrected chi connectivity index (χ3v) is 4.67. The van der Waals surface area contributed by atoms with Gasteiger partial charge in [-0.1, -0.05) is 12.1 Å². The molecule has 0 bridgehead atoms. The van der Waals surface area contributed by atoms with E-state index in [1.807, 2.05) is 0 Å². The van der Waals surface area contributed by atoms with Gasteiger partial charge in [-0.05, 0) is 37.6 Å². The summed E-state index contributed by atoms with van der Waals surface area (Å²) in [4.78, 5) is 48.8. The number of rotatable bonds is 5. The SMILES string of the molecule is Cc1oc(CN(C)C(=O)c2cccc(C3(C)NC(=O)NC3=O)c2)cc1C(=O)O. The van der Waals surface area contributed by atoms with Crippen LogP contribution in [-0.4, -0.2) is 40.9 Å². The maximum atomic E-state index is 12.8. The number of urea groups is 1. The number of furan rings is 1. The Hall–Kier alpha value is -3.62. The van der Waals surface area contributed by atoms with Crippen LogP contribution in [0.15, 0.2) is 34.7 Å². The first-order valence-electron chi connectivity index (χ1n) is 8.44. The van der Waals surface area contributed by atoms with Gasteiger partial charge in [-0.3, -0.25) is 14.9 Å². The highest BCUT2D eigenvalue weighted by Gasteiger charge is 2.43. The van der Waals surface area contributed by atoms with Crippen molar-refractivity contribution in [1.82, 2.24) is 15.5 Å². The molecule has 2 aromatic rings. The number of nitrogens with zero attached hydrogens (tertiary/aromatic N) is 1. The van der Waals surface area contributed by atoms with Crippen LogP contribution in [0.25, 0.3) is 0 Å². The number of carbonyl (C=O) groups excluding carboxylic acids is 3. The molecule has 1 saturated heterocycles. The molecule has 1 aliphatic heterocycles. The van der Waals surface area contributed by atoms with E-state index < -0.39 is 23.4 Å². The molecule has 28 heavy (non-hydrogen) atoms. The van der Waals surface area contributed by atoms with Crippen LogP contribution in [0.4, 0.5) is 4.79 Å². The topological polar surface area (TPSA) is 129 Å². The Morgan fingerprint density at radius 3 is 2.54 bits per heavy atom. The van der Waals surface area contributed by atoms with Crippen molar-refractivity contribution in [2.45, 2.75) is 25.9 Å². The Kier molecular flexibility index (Phi) is 4.68. The fourth-order valence-corrected chi connectivity index (χ4v) is 3.07. The van der Waals surface area contributed by atoms with E-state index in [4.69, 9.17) is 9.52 Å². The van der Waals surface area contributed by atoms with Crippen LogP contribution < -0.4 is 10.6 Å². The first-order valence-corrected chi connectivity index (χ1v) is 8.44. The molecule has 1 aromatic heterocycles. The molecule has 9 heteroatoms. The number of amides is 4. The van der Waals surface area contributed by atoms with Crippen molar-refractivity contribution in [3.05, 3.63) is 58.5 Å². The molecule has 1 fully saturated rings. The molecule has 1 atom stereocenters. The van der Waals surface area contributed by atoms with Gasteiger partial charge in [0.25, 0.3) is 11.8 Å². The number of benzene rings is 1. The van der Waals surface area contributed by atoms with Crippen molar-refractivity contribution in [3.8, 4) is 0 Å². The van der Waals surface area contributed by atoms with Crippen LogP contribution in [0.2, 0.25) is 0 Å². The molecule has 9 nitrogen and oxygen atoms in total. The number of hydrogen-bond donors (Lipinski definition) is 3. The molecule has 0 saturated carbocycles. The highest BCUT2D eigenvalue weighted by molar-refractivity contribution is 6.07. The summed E-state index contributed by atoms with van der Waals surface area (Å²) in [6.45, 7) is 3.17. The van der Waals surface area contributed by atoms with Crippen molar-refractivity contribution in [1.29, 1.82) is 0 Å². The summed E-state index contributed by atoms with van der Waals surface area (Å²) >= 11 is 0. The molecule has 4 amide bonds. The maximum absolute atomic E-state index is 12.8. The number of carboxylic acid groups (broad SMARTS) is 1. The van der Waals surface area contributed by atoms with E-state index in [2.05, 4.69) is 10.6 Å². The fraction of sp³-hybridized carbons (Fsp3) is 0.263. The predicted octanol–water partition coefficient (Wildman–Crippen LogP) is 1.61. The van der Waals surface area contributed by atoms with E-state index in [0.29, 0.717) is 16.9 Å². The lowest BCUT2D eigenvalue weighted by Gasteiger charge is -2.22. The molecule has 1 aromatic carbocycles. The van der Waals surface area contributed by atoms with Crippen LogP contribution >= 0.6 is 0 Å². The number of carboxylic acids is 1. The first kappa shape index (κ1) is 19.2. The highest BCUT2D eigenvalue weighted by atomic mass is 16.4. The normalized spacial score (nSPS) is 18.5. The molecule has 0 spiro atoms. The molecule has 0 radical (unpaired) electrons. The van der Waals surface area contributed by atoms with Crippen LogP contribution in [0.5, 0.6) is 0 Å². The van der Waals surface area contributed by atoms with Crippen LogP contribution in [0, 0.1) is 6.92 Å². The van der Waals surface area contributed by atoms with Crippen molar-refractivity contribution in [3.63, 3.8) is 0 Å². The largest absolute Gasteiger partial charge is 0.478 e. The summed E-state index contributed by atoms with van der Waals surface area (Å²) in [6.07, 6.45) is 0. The summed E-state index contributed by atoms with van der Waals surface area (Å²) in [6, 6.07) is 7.20. The van der Waals surface area contributed by atoms with Crippen molar-refractivity contribution >= 4 is 23.8 Å². The minimum Gasteiger partial charge on any atom is -0.478 e. The summed E-state index contributed by atoms with van der Waals surface area (Å²) < 4.78 is 5.40. The van der Waals surface area contributed by atoms with Gasteiger partial charge in [-0.2, -0.15) is 0 Å². The smallest absolute Gasteiger partial charge is 0.339 e. The number of hydrogen-bond acceptors (Lipinski definition) is 5. The number of carbonyl (C=O) groups is 4. The van der Waals surface area contributed by atoms with Crippen LogP contribution in [0.1, 0.15) is 44.7 Å². The van der Waals surface area contributed by atoms with Crippen molar-refractivity contribution in [2.24, 2.45) is 0 Å². The van der Waals surface area contributed by atoms with Gasteiger partial charge in [0.1, 0.15) is 22.6 Å². The van der Waals surface area contributed by atoms with E-state index in [1.165, 1.54) is 11.0 Å². The van der Waals surface area contributed by atoms with Gasteiger partial charge in [0, 0.05) is 12.6 Å². The summed E-state index contributed by atoms with van der Waals surface area (Å²) in [5.41, 5.74) is -0.428. The highest BCUT2D eigenvalue weighted by Crippen LogP contribution is 2.25. The fourth-order valence-electron chi connectivity index (χ4n) is 3.07. The number of nitrogens with one attached hydrogen (secondary N) is 2. The first-order chi connectivity index (χ1) is 13.1. The number of imide groups is 1. The summed E-state index contributed by atoms with van der Waals surface area (Å²) in [5, 5.41) is 13.8. The lowest BCUT2D eigenvalue weighted by atomic mass is 9.91. The van der Waals surface area contributed by atoms with Crippen molar-refractivity contribution < 1.29 is 28.7 Å². The second kappa shape index (κ2) is 6.84. The quantitative estimate of drug-likeness (QED) is 0.671. The lowest BCUT2D eigenvalue weighted by molar-refractivity contribution is -0.123. The number of aromatic carboxylic acids is 1. The van der Waals surface area contributed by atoms with Gasteiger partial charge in [-0.15, -0.1) is 0 Å². The van der Waals surface area contributed by atoms with E-state index >= 15 is 0 Å². The minimum absolute atomic E-state index is 0.0498. The van der Waals surface area contributed by atoms with Gasteiger partial charge >= 0.3 is 12.0 Å². The zero-order chi connectivity index (χ0) is 20.6. The molecular weight excluding hydrogens is 366 g/mol. The van der Waals surface area contributed by atoms with E-state index in [0.717, 1.165) is 0 Å². The second-order valence-corrected chi connectivity index (χ2v) is 6.76. The maximum Gasteiger partial charge on any atom is 0.339 e. The molecule has 2 heterocycles. The van der Waals surface area contributed by atoms with Crippen LogP contribution in [0.3, 0.4) is 0 Å². The van der Waals surface area contributed by atoms with E-state index in [9.17, 15) is 19.2 Å². The van der Waals surface area contributed by atoms with E-state index in [-0.39, 0.29) is 23.8 Å². The monoisotopic (exact) mass is 385 g/mol. The van der Waals surface area contributed by atoms with Gasteiger partial charge in [0.2, 0.25) is 0 Å². The Balaban J connectivity index is 1.81. The molecule has 146 valence electrons.